The molecule has 0 bridgehead atoms. The molecular formula is C11H16N2O3S2. The summed E-state index contributed by atoms with van der Waals surface area (Å²) >= 11 is 0.918. The second-order valence-corrected chi connectivity index (χ2v) is 7.39. The molecule has 7 heteroatoms. The standard InChI is InChI=1S/C11H16N2O3S2/c1-8(2)5-9(7-14)13-18(15,16)11-4-3-10(6-12)17-11/h3-4,8-9,13-14H,5,7H2,1-2H3. The van der Waals surface area contributed by atoms with Crippen molar-refractivity contribution in [2.45, 2.75) is 30.5 Å². The van der Waals surface area contributed by atoms with Crippen molar-refractivity contribution in [3.05, 3.63) is 17.0 Å². The number of hydrogen-bond acceptors (Lipinski definition) is 5. The van der Waals surface area contributed by atoms with Crippen LogP contribution < -0.4 is 4.72 Å². The van der Waals surface area contributed by atoms with Gasteiger partial charge in [-0.05, 0) is 24.5 Å². The van der Waals surface area contributed by atoms with Crippen LogP contribution in [-0.2, 0) is 10.0 Å². The summed E-state index contributed by atoms with van der Waals surface area (Å²) in [4.78, 5) is 0.347. The van der Waals surface area contributed by atoms with Crippen molar-refractivity contribution in [3.8, 4) is 6.07 Å². The molecule has 1 aromatic heterocycles. The van der Waals surface area contributed by atoms with Gasteiger partial charge >= 0.3 is 0 Å². The number of sulfonamides is 1. The van der Waals surface area contributed by atoms with Crippen LogP contribution in [0, 0.1) is 17.2 Å². The molecule has 0 radical (unpaired) electrons. The molecule has 18 heavy (non-hydrogen) atoms. The van der Waals surface area contributed by atoms with Crippen LogP contribution in [0.4, 0.5) is 0 Å². The fourth-order valence-corrected chi connectivity index (χ4v) is 3.89. The van der Waals surface area contributed by atoms with E-state index in [-0.39, 0.29) is 16.7 Å². The van der Waals surface area contributed by atoms with Gasteiger partial charge < -0.3 is 5.11 Å². The molecule has 0 fully saturated rings. The Hall–Kier alpha value is -0.940. The first kappa shape index (κ1) is 15.1. The zero-order valence-corrected chi connectivity index (χ0v) is 11.9. The molecule has 0 spiro atoms. The maximum Gasteiger partial charge on any atom is 0.250 e. The highest BCUT2D eigenvalue weighted by Gasteiger charge is 2.22. The van der Waals surface area contributed by atoms with Gasteiger partial charge in [0.05, 0.1) is 6.61 Å². The number of aliphatic hydroxyl groups excluding tert-OH is 1. The van der Waals surface area contributed by atoms with Gasteiger partial charge in [-0.1, -0.05) is 13.8 Å². The van der Waals surface area contributed by atoms with Crippen molar-refractivity contribution < 1.29 is 13.5 Å². The summed E-state index contributed by atoms with van der Waals surface area (Å²) in [5.41, 5.74) is 0. The molecule has 0 saturated carbocycles. The molecule has 0 saturated heterocycles. The van der Waals surface area contributed by atoms with Gasteiger partial charge in [0, 0.05) is 6.04 Å². The van der Waals surface area contributed by atoms with Crippen LogP contribution in [0.2, 0.25) is 0 Å². The maximum atomic E-state index is 12.0. The minimum atomic E-state index is -3.65. The second-order valence-electron chi connectivity index (χ2n) is 4.36. The van der Waals surface area contributed by atoms with Crippen LogP contribution in [-0.4, -0.2) is 26.2 Å². The summed E-state index contributed by atoms with van der Waals surface area (Å²) in [6.07, 6.45) is 0.562. The molecule has 100 valence electrons. The SMILES string of the molecule is CC(C)CC(CO)NS(=O)(=O)c1ccc(C#N)s1. The van der Waals surface area contributed by atoms with Gasteiger partial charge in [-0.15, -0.1) is 11.3 Å². The minimum Gasteiger partial charge on any atom is -0.395 e. The predicted octanol–water partition coefficient (Wildman–Crippen LogP) is 1.31. The van der Waals surface area contributed by atoms with Crippen LogP contribution in [0.3, 0.4) is 0 Å². The third-order valence-electron chi connectivity index (χ3n) is 2.25. The largest absolute Gasteiger partial charge is 0.395 e. The first-order valence-electron chi connectivity index (χ1n) is 5.52. The number of rotatable bonds is 6. The van der Waals surface area contributed by atoms with Crippen molar-refractivity contribution >= 4 is 21.4 Å². The van der Waals surface area contributed by atoms with E-state index in [1.54, 1.807) is 0 Å². The van der Waals surface area contributed by atoms with E-state index in [4.69, 9.17) is 10.4 Å². The van der Waals surface area contributed by atoms with E-state index in [1.165, 1.54) is 12.1 Å². The number of hydrogen-bond donors (Lipinski definition) is 2. The van der Waals surface area contributed by atoms with Gasteiger partial charge in [0.15, 0.2) is 0 Å². The lowest BCUT2D eigenvalue weighted by Crippen LogP contribution is -2.38. The van der Waals surface area contributed by atoms with Crippen molar-refractivity contribution in [1.82, 2.24) is 4.72 Å². The van der Waals surface area contributed by atoms with Crippen molar-refractivity contribution in [2.75, 3.05) is 6.61 Å². The Bertz CT molecular complexity index is 529. The highest BCUT2D eigenvalue weighted by molar-refractivity contribution is 7.91. The Labute approximate surface area is 111 Å². The van der Waals surface area contributed by atoms with Crippen molar-refractivity contribution in [2.24, 2.45) is 5.92 Å². The Morgan fingerprint density at radius 1 is 1.50 bits per heavy atom. The summed E-state index contributed by atoms with van der Waals surface area (Å²) in [5.74, 6) is 0.280. The predicted molar refractivity (Wildman–Crippen MR) is 69.7 cm³/mol. The summed E-state index contributed by atoms with van der Waals surface area (Å²) in [6, 6.07) is 4.26. The molecule has 0 amide bonds. The van der Waals surface area contributed by atoms with Crippen molar-refractivity contribution in [1.29, 1.82) is 5.26 Å². The monoisotopic (exact) mass is 288 g/mol. The van der Waals surface area contributed by atoms with Crippen LogP contribution >= 0.6 is 11.3 Å². The average Bonchev–Trinajstić information content (AvgIpc) is 2.76. The molecule has 1 heterocycles. The maximum absolute atomic E-state index is 12.0. The third kappa shape index (κ3) is 4.07. The smallest absolute Gasteiger partial charge is 0.250 e. The number of thiophene rings is 1. The number of aliphatic hydroxyl groups is 1. The summed E-state index contributed by atoms with van der Waals surface area (Å²) in [7, 11) is -3.65. The highest BCUT2D eigenvalue weighted by Crippen LogP contribution is 2.21. The summed E-state index contributed by atoms with van der Waals surface area (Å²) in [5, 5.41) is 17.8. The van der Waals surface area contributed by atoms with E-state index in [1.807, 2.05) is 19.9 Å². The molecular weight excluding hydrogens is 272 g/mol. The number of nitrogens with zero attached hydrogens (tertiary/aromatic N) is 1. The fraction of sp³-hybridized carbons (Fsp3) is 0.545. The first-order chi connectivity index (χ1) is 8.39. The molecule has 1 unspecified atom stereocenters. The molecule has 0 aliphatic heterocycles. The van der Waals surface area contributed by atoms with E-state index in [0.717, 1.165) is 11.3 Å². The van der Waals surface area contributed by atoms with Gasteiger partial charge in [-0.3, -0.25) is 0 Å². The lowest BCUT2D eigenvalue weighted by atomic mass is 10.1. The average molecular weight is 288 g/mol. The van der Waals surface area contributed by atoms with Crippen LogP contribution in [0.5, 0.6) is 0 Å². The molecule has 0 aliphatic rings. The topological polar surface area (TPSA) is 90.2 Å². The zero-order valence-electron chi connectivity index (χ0n) is 10.3. The molecule has 1 atom stereocenters. The van der Waals surface area contributed by atoms with Gasteiger partial charge in [-0.2, -0.15) is 5.26 Å². The zero-order chi connectivity index (χ0) is 13.8. The normalized spacial score (nSPS) is 13.5. The van der Waals surface area contributed by atoms with Crippen LogP contribution in [0.1, 0.15) is 25.1 Å². The molecule has 5 nitrogen and oxygen atoms in total. The van der Waals surface area contributed by atoms with Crippen LogP contribution in [0.25, 0.3) is 0 Å². The molecule has 0 aliphatic carbocycles. The van der Waals surface area contributed by atoms with Crippen molar-refractivity contribution in [3.63, 3.8) is 0 Å². The fourth-order valence-electron chi connectivity index (χ4n) is 1.53. The lowest BCUT2D eigenvalue weighted by molar-refractivity contribution is 0.240. The number of nitrogens with one attached hydrogen (secondary N) is 1. The van der Waals surface area contributed by atoms with Gasteiger partial charge in [-0.25, -0.2) is 13.1 Å². The Balaban J connectivity index is 2.84. The summed E-state index contributed by atoms with van der Waals surface area (Å²) in [6.45, 7) is 3.67. The molecule has 0 aromatic carbocycles. The Kier molecular flexibility index (Phi) is 5.28. The van der Waals surface area contributed by atoms with E-state index in [9.17, 15) is 8.42 Å². The van der Waals surface area contributed by atoms with Crippen LogP contribution in [0.15, 0.2) is 16.3 Å². The quantitative estimate of drug-likeness (QED) is 0.825. The molecule has 1 aromatic rings. The van der Waals surface area contributed by atoms with E-state index >= 15 is 0 Å². The Morgan fingerprint density at radius 3 is 2.61 bits per heavy atom. The highest BCUT2D eigenvalue weighted by atomic mass is 32.2. The van der Waals surface area contributed by atoms with Gasteiger partial charge in [0.25, 0.3) is 0 Å². The van der Waals surface area contributed by atoms with Gasteiger partial charge in [0.1, 0.15) is 15.2 Å². The summed E-state index contributed by atoms with van der Waals surface area (Å²) < 4.78 is 26.5. The van der Waals surface area contributed by atoms with Gasteiger partial charge in [0.2, 0.25) is 10.0 Å². The minimum absolute atomic E-state index is 0.0984. The molecule has 2 N–H and O–H groups in total. The lowest BCUT2D eigenvalue weighted by Gasteiger charge is -2.17. The second kappa shape index (κ2) is 6.29. The third-order valence-corrected chi connectivity index (χ3v) is 5.26. The Morgan fingerprint density at radius 2 is 2.17 bits per heavy atom. The first-order valence-corrected chi connectivity index (χ1v) is 7.82. The molecule has 1 rings (SSSR count). The van der Waals surface area contributed by atoms with E-state index in [2.05, 4.69) is 4.72 Å². The number of nitriles is 1. The van der Waals surface area contributed by atoms with E-state index < -0.39 is 16.1 Å². The van der Waals surface area contributed by atoms with E-state index in [0.29, 0.717) is 11.3 Å².